The molecule has 7 nitrogen and oxygen atoms in total. The number of carbonyl (C=O) groups is 1. The van der Waals surface area contributed by atoms with Gasteiger partial charge in [-0.1, -0.05) is 59.9 Å². The molecule has 2 heterocycles. The van der Waals surface area contributed by atoms with Crippen LogP contribution in [0, 0.1) is 3.57 Å². The Kier molecular flexibility index (Phi) is 9.88. The Balaban J connectivity index is 1.60. The summed E-state index contributed by atoms with van der Waals surface area (Å²) in [5, 5.41) is 0. The second-order valence-corrected chi connectivity index (χ2v) is 13.1. The zero-order valence-electron chi connectivity index (χ0n) is 24.1. The third-order valence-corrected chi connectivity index (χ3v) is 9.01. The maximum Gasteiger partial charge on any atom is 0.338 e. The van der Waals surface area contributed by atoms with Crippen LogP contribution in [0.15, 0.2) is 92.3 Å². The number of thiazole rings is 1. The molecule has 0 spiro atoms. The van der Waals surface area contributed by atoms with Gasteiger partial charge in [0, 0.05) is 5.56 Å². The van der Waals surface area contributed by atoms with E-state index in [1.807, 2.05) is 86.7 Å². The number of esters is 1. The monoisotopic (exact) mass is 772 g/mol. The Morgan fingerprint density at radius 3 is 2.56 bits per heavy atom. The fraction of sp³-hybridized carbons (Fsp3) is 0.242. The van der Waals surface area contributed by atoms with Gasteiger partial charge in [-0.2, -0.15) is 0 Å². The Bertz CT molecular complexity index is 1860. The van der Waals surface area contributed by atoms with Crippen molar-refractivity contribution in [2.45, 2.75) is 46.4 Å². The van der Waals surface area contributed by atoms with Crippen LogP contribution in [0.4, 0.5) is 0 Å². The molecular weight excluding hydrogens is 743 g/mol. The fourth-order valence-corrected chi connectivity index (χ4v) is 7.65. The molecular formula is C33H30BrIN2O5S. The molecule has 0 radical (unpaired) electrons. The molecule has 4 aromatic rings. The molecule has 0 fully saturated rings. The smallest absolute Gasteiger partial charge is 0.338 e. The molecule has 0 saturated carbocycles. The van der Waals surface area contributed by atoms with Crippen molar-refractivity contribution in [3.05, 3.63) is 122 Å². The van der Waals surface area contributed by atoms with Crippen LogP contribution in [0.2, 0.25) is 0 Å². The molecule has 0 bridgehead atoms. The molecule has 0 aliphatic carbocycles. The van der Waals surface area contributed by atoms with Crippen molar-refractivity contribution in [2.75, 3.05) is 6.61 Å². The van der Waals surface area contributed by atoms with Gasteiger partial charge < -0.3 is 14.2 Å². The van der Waals surface area contributed by atoms with Crippen LogP contribution in [0.3, 0.4) is 0 Å². The Morgan fingerprint density at radius 2 is 1.86 bits per heavy atom. The van der Waals surface area contributed by atoms with E-state index in [2.05, 4.69) is 38.5 Å². The zero-order valence-corrected chi connectivity index (χ0v) is 28.7. The number of halogens is 2. The summed E-state index contributed by atoms with van der Waals surface area (Å²) in [6.45, 7) is 8.05. The molecule has 5 rings (SSSR count). The standard InChI is InChI=1S/C33H30BrIN2O5S/c1-5-40-32(39)28-20(4)36-33-37(29(28)23-13-9-10-14-26(23)42-19(2)3)31(38)27(43-33)17-22-15-24(34)30(25(35)16-22)41-18-21-11-7-6-8-12-21/h6-17,19,29H,5,18H2,1-4H3/b27-17+/t29-/m1/s1. The number of benzene rings is 3. The van der Waals surface area contributed by atoms with Crippen LogP contribution < -0.4 is 24.4 Å². The van der Waals surface area contributed by atoms with E-state index in [1.54, 1.807) is 18.4 Å². The van der Waals surface area contributed by atoms with Gasteiger partial charge in [0.15, 0.2) is 4.80 Å². The Hall–Kier alpha value is -3.22. The van der Waals surface area contributed by atoms with E-state index in [9.17, 15) is 9.59 Å². The summed E-state index contributed by atoms with van der Waals surface area (Å²) in [4.78, 5) is 32.6. The quantitative estimate of drug-likeness (QED) is 0.143. The first kappa shape index (κ1) is 31.2. The van der Waals surface area contributed by atoms with Crippen molar-refractivity contribution >= 4 is 61.9 Å². The third-order valence-electron chi connectivity index (χ3n) is 6.64. The van der Waals surface area contributed by atoms with E-state index >= 15 is 0 Å². The van der Waals surface area contributed by atoms with E-state index in [-0.39, 0.29) is 18.3 Å². The molecule has 222 valence electrons. The normalized spacial score (nSPS) is 14.9. The van der Waals surface area contributed by atoms with Gasteiger partial charge in [-0.3, -0.25) is 9.36 Å². The molecule has 43 heavy (non-hydrogen) atoms. The first-order chi connectivity index (χ1) is 20.7. The predicted molar refractivity (Wildman–Crippen MR) is 180 cm³/mol. The minimum Gasteiger partial charge on any atom is -0.491 e. The lowest BCUT2D eigenvalue weighted by Gasteiger charge is -2.26. The molecule has 1 aliphatic rings. The first-order valence-electron chi connectivity index (χ1n) is 13.8. The second-order valence-electron chi connectivity index (χ2n) is 10.1. The molecule has 0 saturated heterocycles. The number of nitrogens with zero attached hydrogens (tertiary/aromatic N) is 2. The Morgan fingerprint density at radius 1 is 1.14 bits per heavy atom. The highest BCUT2D eigenvalue weighted by Gasteiger charge is 2.35. The van der Waals surface area contributed by atoms with E-state index in [0.717, 1.165) is 24.9 Å². The summed E-state index contributed by atoms with van der Waals surface area (Å²) < 4.78 is 21.4. The van der Waals surface area contributed by atoms with E-state index < -0.39 is 12.0 Å². The molecule has 1 aliphatic heterocycles. The number of ether oxygens (including phenoxy) is 3. The largest absolute Gasteiger partial charge is 0.491 e. The van der Waals surface area contributed by atoms with Crippen LogP contribution in [-0.4, -0.2) is 23.2 Å². The zero-order chi connectivity index (χ0) is 30.7. The van der Waals surface area contributed by atoms with Gasteiger partial charge in [-0.05, 0) is 102 Å². The van der Waals surface area contributed by atoms with Crippen molar-refractivity contribution in [3.63, 3.8) is 0 Å². The van der Waals surface area contributed by atoms with Crippen molar-refractivity contribution in [2.24, 2.45) is 4.99 Å². The second kappa shape index (κ2) is 13.6. The first-order valence-corrected chi connectivity index (χ1v) is 16.5. The van der Waals surface area contributed by atoms with Gasteiger partial charge >= 0.3 is 5.97 Å². The number of aromatic nitrogens is 1. The summed E-state index contributed by atoms with van der Waals surface area (Å²) in [7, 11) is 0. The third kappa shape index (κ3) is 6.81. The van der Waals surface area contributed by atoms with E-state index in [1.165, 1.54) is 11.3 Å². The molecule has 1 atom stereocenters. The van der Waals surface area contributed by atoms with Gasteiger partial charge in [0.25, 0.3) is 5.56 Å². The van der Waals surface area contributed by atoms with Crippen molar-refractivity contribution in [3.8, 4) is 11.5 Å². The van der Waals surface area contributed by atoms with Crippen molar-refractivity contribution in [1.82, 2.24) is 4.57 Å². The van der Waals surface area contributed by atoms with Gasteiger partial charge in [0.05, 0.1) is 36.6 Å². The predicted octanol–water partition coefficient (Wildman–Crippen LogP) is 6.53. The summed E-state index contributed by atoms with van der Waals surface area (Å²) >= 11 is 7.18. The minimum atomic E-state index is -0.756. The fourth-order valence-electron chi connectivity index (χ4n) is 4.84. The summed E-state index contributed by atoms with van der Waals surface area (Å²) in [5.41, 5.74) is 3.17. The van der Waals surface area contributed by atoms with Gasteiger partial charge in [-0.15, -0.1) is 0 Å². The minimum absolute atomic E-state index is 0.103. The van der Waals surface area contributed by atoms with Crippen LogP contribution in [0.5, 0.6) is 11.5 Å². The number of para-hydroxylation sites is 1. The van der Waals surface area contributed by atoms with E-state index in [4.69, 9.17) is 19.2 Å². The van der Waals surface area contributed by atoms with Gasteiger partial charge in [0.1, 0.15) is 24.1 Å². The topological polar surface area (TPSA) is 79.1 Å². The lowest BCUT2D eigenvalue weighted by molar-refractivity contribution is -0.139. The van der Waals surface area contributed by atoms with E-state index in [0.29, 0.717) is 38.5 Å². The lowest BCUT2D eigenvalue weighted by Crippen LogP contribution is -2.40. The number of hydrogen-bond donors (Lipinski definition) is 0. The van der Waals surface area contributed by atoms with Crippen LogP contribution in [0.1, 0.15) is 50.4 Å². The maximum atomic E-state index is 14.1. The number of hydrogen-bond acceptors (Lipinski definition) is 7. The maximum absolute atomic E-state index is 14.1. The highest BCUT2D eigenvalue weighted by Crippen LogP contribution is 2.36. The molecule has 10 heteroatoms. The average molecular weight is 773 g/mol. The van der Waals surface area contributed by atoms with Crippen LogP contribution >= 0.6 is 49.9 Å². The summed E-state index contributed by atoms with van der Waals surface area (Å²) in [6.07, 6.45) is 1.74. The van der Waals surface area contributed by atoms with Gasteiger partial charge in [0.2, 0.25) is 0 Å². The summed E-state index contributed by atoms with van der Waals surface area (Å²) in [6, 6.07) is 20.6. The number of allylic oxidation sites excluding steroid dienone is 1. The van der Waals surface area contributed by atoms with Crippen molar-refractivity contribution in [1.29, 1.82) is 0 Å². The summed E-state index contributed by atoms with van der Waals surface area (Å²) in [5.74, 6) is 0.824. The highest BCUT2D eigenvalue weighted by molar-refractivity contribution is 14.1. The SMILES string of the molecule is CCOC(=O)C1=C(C)N=c2s/c(=C/c3cc(Br)c(OCc4ccccc4)c(I)c3)c(=O)n2[C@@H]1c1ccccc1OC(C)C. The average Bonchev–Trinajstić information content (AvgIpc) is 3.26. The van der Waals surface area contributed by atoms with Crippen LogP contribution in [-0.2, 0) is 16.1 Å². The lowest BCUT2D eigenvalue weighted by atomic mass is 9.95. The molecule has 0 amide bonds. The number of fused-ring (bicyclic) bond motifs is 1. The molecule has 1 aromatic heterocycles. The molecule has 3 aromatic carbocycles. The molecule has 0 N–H and O–H groups in total. The molecule has 0 unspecified atom stereocenters. The van der Waals surface area contributed by atoms with Crippen molar-refractivity contribution < 1.29 is 19.0 Å². The Labute approximate surface area is 275 Å². The van der Waals surface area contributed by atoms with Crippen LogP contribution in [0.25, 0.3) is 6.08 Å². The van der Waals surface area contributed by atoms with Gasteiger partial charge in [-0.25, -0.2) is 9.79 Å². The number of carbonyl (C=O) groups excluding carboxylic acids is 1. The highest BCUT2D eigenvalue weighted by atomic mass is 127. The number of rotatable bonds is 9.